The van der Waals surface area contributed by atoms with Crippen LogP contribution in [0.15, 0.2) is 47.4 Å². The largest absolute Gasteiger partial charge is 0.454 e. The Kier molecular flexibility index (Phi) is 4.30. The van der Waals surface area contributed by atoms with Crippen LogP contribution in [0, 0.1) is 0 Å². The lowest BCUT2D eigenvalue weighted by Crippen LogP contribution is -2.30. The number of nitrogens with one attached hydrogen (secondary N) is 1. The summed E-state index contributed by atoms with van der Waals surface area (Å²) in [5.74, 6) is 1.60. The maximum absolute atomic E-state index is 5.53. The number of rotatable bonds is 4. The van der Waals surface area contributed by atoms with Gasteiger partial charge in [-0.05, 0) is 42.2 Å². The van der Waals surface area contributed by atoms with E-state index in [1.807, 2.05) is 12.1 Å². The van der Waals surface area contributed by atoms with Crippen molar-refractivity contribution in [1.29, 1.82) is 0 Å². The number of benzene rings is 2. The summed E-state index contributed by atoms with van der Waals surface area (Å²) in [6, 6.07) is 14.9. The number of nitrogens with zero attached hydrogens (tertiary/aromatic N) is 2. The molecule has 0 unspecified atom stereocenters. The van der Waals surface area contributed by atoms with E-state index < -0.39 is 0 Å². The van der Waals surface area contributed by atoms with Crippen molar-refractivity contribution in [3.8, 4) is 22.8 Å². The van der Waals surface area contributed by atoms with Crippen LogP contribution in [0.1, 0.15) is 16.8 Å². The van der Waals surface area contributed by atoms with Crippen molar-refractivity contribution in [2.24, 2.45) is 0 Å². The SMILES string of the molecule is CSc1cccc(CN2CCc3[nH]nc(-c4ccc5c(c4)OCO5)c3C2)c1. The summed E-state index contributed by atoms with van der Waals surface area (Å²) in [6.07, 6.45) is 3.12. The minimum Gasteiger partial charge on any atom is -0.454 e. The van der Waals surface area contributed by atoms with E-state index in [2.05, 4.69) is 51.7 Å². The van der Waals surface area contributed by atoms with Gasteiger partial charge in [0.15, 0.2) is 11.5 Å². The Morgan fingerprint density at radius 3 is 3.00 bits per heavy atom. The third-order valence-corrected chi connectivity index (χ3v) is 5.92. The maximum Gasteiger partial charge on any atom is 0.231 e. The van der Waals surface area contributed by atoms with E-state index in [0.717, 1.165) is 48.8 Å². The fourth-order valence-electron chi connectivity index (χ4n) is 3.80. The number of aromatic amines is 1. The fourth-order valence-corrected chi connectivity index (χ4v) is 4.28. The number of hydrogen-bond donors (Lipinski definition) is 1. The molecule has 1 aromatic heterocycles. The van der Waals surface area contributed by atoms with E-state index in [1.54, 1.807) is 11.8 Å². The number of ether oxygens (including phenoxy) is 2. The molecule has 0 fully saturated rings. The second kappa shape index (κ2) is 6.94. The van der Waals surface area contributed by atoms with Gasteiger partial charge < -0.3 is 9.47 Å². The molecule has 6 heteroatoms. The summed E-state index contributed by atoms with van der Waals surface area (Å²) in [7, 11) is 0. The molecule has 3 aromatic rings. The topological polar surface area (TPSA) is 50.4 Å². The average Bonchev–Trinajstić information content (AvgIpc) is 3.34. The van der Waals surface area contributed by atoms with Crippen molar-refractivity contribution < 1.29 is 9.47 Å². The molecule has 0 saturated heterocycles. The summed E-state index contributed by atoms with van der Waals surface area (Å²) < 4.78 is 11.0. The number of thioether (sulfide) groups is 1. The van der Waals surface area contributed by atoms with Crippen LogP contribution >= 0.6 is 11.8 Å². The first-order valence-electron chi connectivity index (χ1n) is 9.11. The maximum atomic E-state index is 5.53. The molecule has 0 radical (unpaired) electrons. The van der Waals surface area contributed by atoms with Crippen molar-refractivity contribution >= 4 is 11.8 Å². The quantitative estimate of drug-likeness (QED) is 0.692. The third kappa shape index (κ3) is 3.19. The van der Waals surface area contributed by atoms with Gasteiger partial charge in [-0.15, -0.1) is 11.8 Å². The van der Waals surface area contributed by atoms with Gasteiger partial charge in [0.2, 0.25) is 6.79 Å². The molecule has 5 nitrogen and oxygen atoms in total. The molecule has 2 aromatic carbocycles. The molecule has 2 aliphatic heterocycles. The Morgan fingerprint density at radius 1 is 1.15 bits per heavy atom. The van der Waals surface area contributed by atoms with Crippen LogP contribution in [-0.2, 0) is 19.5 Å². The van der Waals surface area contributed by atoms with Crippen LogP contribution in [0.4, 0.5) is 0 Å². The predicted molar refractivity (Wildman–Crippen MR) is 106 cm³/mol. The molecule has 5 rings (SSSR count). The van der Waals surface area contributed by atoms with Crippen molar-refractivity contribution in [3.63, 3.8) is 0 Å². The normalized spacial score (nSPS) is 15.7. The highest BCUT2D eigenvalue weighted by molar-refractivity contribution is 7.98. The summed E-state index contributed by atoms with van der Waals surface area (Å²) in [5.41, 5.74) is 5.99. The first-order chi connectivity index (χ1) is 13.3. The molecule has 3 heterocycles. The Labute approximate surface area is 162 Å². The lowest BCUT2D eigenvalue weighted by molar-refractivity contribution is 0.174. The zero-order chi connectivity index (χ0) is 18.2. The molecule has 0 saturated carbocycles. The first-order valence-corrected chi connectivity index (χ1v) is 10.3. The summed E-state index contributed by atoms with van der Waals surface area (Å²) in [5, 5.41) is 7.85. The smallest absolute Gasteiger partial charge is 0.231 e. The molecule has 0 atom stereocenters. The van der Waals surface area contributed by atoms with E-state index in [1.165, 1.54) is 21.7 Å². The highest BCUT2D eigenvalue weighted by atomic mass is 32.2. The van der Waals surface area contributed by atoms with E-state index in [0.29, 0.717) is 6.79 Å². The van der Waals surface area contributed by atoms with Crippen LogP contribution in [0.2, 0.25) is 0 Å². The second-order valence-electron chi connectivity index (χ2n) is 6.91. The van der Waals surface area contributed by atoms with Crippen molar-refractivity contribution in [2.45, 2.75) is 24.4 Å². The molecule has 1 N–H and O–H groups in total. The van der Waals surface area contributed by atoms with Gasteiger partial charge in [-0.3, -0.25) is 10.00 Å². The molecule has 27 heavy (non-hydrogen) atoms. The van der Waals surface area contributed by atoms with Crippen LogP contribution in [-0.4, -0.2) is 34.7 Å². The monoisotopic (exact) mass is 379 g/mol. The number of hydrogen-bond acceptors (Lipinski definition) is 5. The Morgan fingerprint density at radius 2 is 2.07 bits per heavy atom. The Balaban J connectivity index is 1.40. The van der Waals surface area contributed by atoms with Gasteiger partial charge >= 0.3 is 0 Å². The van der Waals surface area contributed by atoms with E-state index in [-0.39, 0.29) is 0 Å². The summed E-state index contributed by atoms with van der Waals surface area (Å²) in [4.78, 5) is 3.81. The van der Waals surface area contributed by atoms with Gasteiger partial charge in [0.25, 0.3) is 0 Å². The van der Waals surface area contributed by atoms with Gasteiger partial charge in [0.1, 0.15) is 0 Å². The molecule has 0 aliphatic carbocycles. The lowest BCUT2D eigenvalue weighted by Gasteiger charge is -2.27. The zero-order valence-corrected chi connectivity index (χ0v) is 16.0. The minimum absolute atomic E-state index is 0.292. The van der Waals surface area contributed by atoms with Gasteiger partial charge in [-0.2, -0.15) is 5.10 Å². The molecule has 0 spiro atoms. The fraction of sp³-hybridized carbons (Fsp3) is 0.286. The predicted octanol–water partition coefficient (Wildman–Crippen LogP) is 4.09. The molecule has 138 valence electrons. The van der Waals surface area contributed by atoms with Gasteiger partial charge in [0, 0.05) is 47.8 Å². The average molecular weight is 379 g/mol. The summed E-state index contributed by atoms with van der Waals surface area (Å²) in [6.45, 7) is 3.19. The van der Waals surface area contributed by atoms with Crippen molar-refractivity contribution in [1.82, 2.24) is 15.1 Å². The molecule has 0 amide bonds. The van der Waals surface area contributed by atoms with Crippen LogP contribution in [0.3, 0.4) is 0 Å². The second-order valence-corrected chi connectivity index (χ2v) is 7.79. The minimum atomic E-state index is 0.292. The standard InChI is InChI=1S/C21H21N3O2S/c1-27-16-4-2-3-14(9-16)11-24-8-7-18-17(12-24)21(23-22-18)15-5-6-19-20(10-15)26-13-25-19/h2-6,9-10H,7-8,11-13H2,1H3,(H,22,23). The number of H-pyrrole nitrogens is 1. The third-order valence-electron chi connectivity index (χ3n) is 5.20. The Bertz CT molecular complexity index is 985. The zero-order valence-electron chi connectivity index (χ0n) is 15.2. The van der Waals surface area contributed by atoms with Gasteiger partial charge in [-0.1, -0.05) is 12.1 Å². The van der Waals surface area contributed by atoms with E-state index >= 15 is 0 Å². The molecular weight excluding hydrogens is 358 g/mol. The van der Waals surface area contributed by atoms with Crippen LogP contribution in [0.5, 0.6) is 11.5 Å². The molecule has 0 bridgehead atoms. The van der Waals surface area contributed by atoms with Crippen molar-refractivity contribution in [3.05, 3.63) is 59.3 Å². The van der Waals surface area contributed by atoms with E-state index in [4.69, 9.17) is 9.47 Å². The van der Waals surface area contributed by atoms with Crippen LogP contribution < -0.4 is 9.47 Å². The molecular formula is C21H21N3O2S. The van der Waals surface area contributed by atoms with Crippen LogP contribution in [0.25, 0.3) is 11.3 Å². The number of fused-ring (bicyclic) bond motifs is 2. The summed E-state index contributed by atoms with van der Waals surface area (Å²) >= 11 is 1.79. The van der Waals surface area contributed by atoms with Gasteiger partial charge in [-0.25, -0.2) is 0 Å². The number of aromatic nitrogens is 2. The first kappa shape index (κ1) is 16.7. The highest BCUT2D eigenvalue weighted by Crippen LogP contribution is 2.37. The van der Waals surface area contributed by atoms with Gasteiger partial charge in [0.05, 0.1) is 5.69 Å². The Hall–Kier alpha value is -2.44. The molecule has 2 aliphatic rings. The lowest BCUT2D eigenvalue weighted by atomic mass is 10.00. The highest BCUT2D eigenvalue weighted by Gasteiger charge is 2.24. The van der Waals surface area contributed by atoms with Crippen molar-refractivity contribution in [2.75, 3.05) is 19.6 Å². The van der Waals surface area contributed by atoms with E-state index in [9.17, 15) is 0 Å².